The zero-order valence-corrected chi connectivity index (χ0v) is 10.9. The molecule has 0 aromatic heterocycles. The zero-order chi connectivity index (χ0) is 13.0. The highest BCUT2D eigenvalue weighted by Crippen LogP contribution is 2.30. The number of halogens is 1. The number of ether oxygens (including phenoxy) is 1. The van der Waals surface area contributed by atoms with Crippen LogP contribution >= 0.6 is 11.6 Å². The van der Waals surface area contributed by atoms with Crippen molar-refractivity contribution in [1.29, 1.82) is 0 Å². The van der Waals surface area contributed by atoms with Crippen molar-refractivity contribution in [1.82, 2.24) is 0 Å². The van der Waals surface area contributed by atoms with Crippen LogP contribution in [-0.4, -0.2) is 6.61 Å². The molecule has 0 unspecified atom stereocenters. The molecular formula is C14H15ClN2O. The van der Waals surface area contributed by atoms with Crippen LogP contribution in [0.25, 0.3) is 0 Å². The highest BCUT2D eigenvalue weighted by molar-refractivity contribution is 6.33. The SMILES string of the molecule is CCOc1cccc(Nc2cccc(Cl)c2N)c1. The average molecular weight is 263 g/mol. The van der Waals surface area contributed by atoms with Crippen LogP contribution in [0.4, 0.5) is 17.1 Å². The molecule has 0 aliphatic carbocycles. The van der Waals surface area contributed by atoms with Gasteiger partial charge in [0.25, 0.3) is 0 Å². The number of benzene rings is 2. The summed E-state index contributed by atoms with van der Waals surface area (Å²) in [6.07, 6.45) is 0. The molecule has 2 aromatic carbocycles. The molecule has 0 heterocycles. The molecule has 3 N–H and O–H groups in total. The van der Waals surface area contributed by atoms with E-state index in [9.17, 15) is 0 Å². The summed E-state index contributed by atoms with van der Waals surface area (Å²) >= 11 is 5.97. The van der Waals surface area contributed by atoms with E-state index in [0.29, 0.717) is 17.3 Å². The van der Waals surface area contributed by atoms with Gasteiger partial charge >= 0.3 is 0 Å². The van der Waals surface area contributed by atoms with Crippen LogP contribution in [0.1, 0.15) is 6.92 Å². The van der Waals surface area contributed by atoms with Crippen LogP contribution in [0.2, 0.25) is 5.02 Å². The minimum atomic E-state index is 0.543. The largest absolute Gasteiger partial charge is 0.494 e. The van der Waals surface area contributed by atoms with Gasteiger partial charge in [-0.3, -0.25) is 0 Å². The number of rotatable bonds is 4. The van der Waals surface area contributed by atoms with E-state index < -0.39 is 0 Å². The molecule has 0 atom stereocenters. The number of anilines is 3. The van der Waals surface area contributed by atoms with Gasteiger partial charge in [0, 0.05) is 11.8 Å². The number of nitrogen functional groups attached to an aromatic ring is 1. The molecule has 18 heavy (non-hydrogen) atoms. The molecule has 2 rings (SSSR count). The van der Waals surface area contributed by atoms with E-state index in [1.807, 2.05) is 43.3 Å². The lowest BCUT2D eigenvalue weighted by atomic mass is 10.2. The summed E-state index contributed by atoms with van der Waals surface area (Å²) < 4.78 is 5.44. The van der Waals surface area contributed by atoms with Gasteiger partial charge in [0.1, 0.15) is 5.75 Å². The summed E-state index contributed by atoms with van der Waals surface area (Å²) in [5.74, 6) is 0.822. The van der Waals surface area contributed by atoms with Crippen LogP contribution in [0.3, 0.4) is 0 Å². The fourth-order valence-corrected chi connectivity index (χ4v) is 1.81. The van der Waals surface area contributed by atoms with Crippen molar-refractivity contribution in [3.05, 3.63) is 47.5 Å². The Hall–Kier alpha value is -1.87. The second-order valence-electron chi connectivity index (χ2n) is 3.79. The minimum absolute atomic E-state index is 0.543. The molecule has 0 saturated heterocycles. The first-order valence-corrected chi connectivity index (χ1v) is 6.12. The standard InChI is InChI=1S/C14H15ClN2O/c1-2-18-11-6-3-5-10(9-11)17-13-8-4-7-12(15)14(13)16/h3-9,17H,2,16H2,1H3. The lowest BCUT2D eigenvalue weighted by molar-refractivity contribution is 0.340. The van der Waals surface area contributed by atoms with Crippen molar-refractivity contribution in [3.8, 4) is 5.75 Å². The van der Waals surface area contributed by atoms with Gasteiger partial charge in [0.05, 0.1) is 23.0 Å². The van der Waals surface area contributed by atoms with E-state index >= 15 is 0 Å². The van der Waals surface area contributed by atoms with E-state index in [4.69, 9.17) is 22.1 Å². The monoisotopic (exact) mass is 262 g/mol. The molecular weight excluding hydrogens is 248 g/mol. The highest BCUT2D eigenvalue weighted by atomic mass is 35.5. The Bertz CT molecular complexity index is 543. The molecule has 0 spiro atoms. The lowest BCUT2D eigenvalue weighted by Crippen LogP contribution is -1.97. The summed E-state index contributed by atoms with van der Waals surface area (Å²) in [5, 5.41) is 3.76. The second kappa shape index (κ2) is 5.65. The van der Waals surface area contributed by atoms with Crippen molar-refractivity contribution in [2.24, 2.45) is 0 Å². The fourth-order valence-electron chi connectivity index (χ4n) is 1.63. The summed E-state index contributed by atoms with van der Waals surface area (Å²) in [7, 11) is 0. The Morgan fingerprint density at radius 1 is 1.22 bits per heavy atom. The molecule has 3 nitrogen and oxygen atoms in total. The van der Waals surface area contributed by atoms with Gasteiger partial charge in [-0.05, 0) is 31.2 Å². The molecule has 2 aromatic rings. The topological polar surface area (TPSA) is 47.3 Å². The molecule has 4 heteroatoms. The Balaban J connectivity index is 2.23. The van der Waals surface area contributed by atoms with Gasteiger partial charge in [-0.2, -0.15) is 0 Å². The molecule has 0 saturated carbocycles. The number of hydrogen-bond donors (Lipinski definition) is 2. The first kappa shape index (κ1) is 12.6. The first-order valence-electron chi connectivity index (χ1n) is 5.74. The quantitative estimate of drug-likeness (QED) is 0.817. The van der Waals surface area contributed by atoms with Gasteiger partial charge in [0.15, 0.2) is 0 Å². The number of hydrogen-bond acceptors (Lipinski definition) is 3. The second-order valence-corrected chi connectivity index (χ2v) is 4.19. The number of para-hydroxylation sites is 1. The van der Waals surface area contributed by atoms with Crippen molar-refractivity contribution in [2.45, 2.75) is 6.92 Å². The van der Waals surface area contributed by atoms with Gasteiger partial charge in [0.2, 0.25) is 0 Å². The maximum atomic E-state index is 5.97. The third-order valence-electron chi connectivity index (χ3n) is 2.48. The van der Waals surface area contributed by atoms with Crippen molar-refractivity contribution in [3.63, 3.8) is 0 Å². The van der Waals surface area contributed by atoms with E-state index in [1.165, 1.54) is 0 Å². The summed E-state index contributed by atoms with van der Waals surface area (Å²) in [5.41, 5.74) is 8.14. The van der Waals surface area contributed by atoms with Crippen molar-refractivity contribution < 1.29 is 4.74 Å². The van der Waals surface area contributed by atoms with Crippen molar-refractivity contribution >= 4 is 28.7 Å². The molecule has 0 amide bonds. The van der Waals surface area contributed by atoms with E-state index in [2.05, 4.69) is 5.32 Å². The van der Waals surface area contributed by atoms with Crippen LogP contribution in [0.5, 0.6) is 5.75 Å². The van der Waals surface area contributed by atoms with Gasteiger partial charge in [-0.15, -0.1) is 0 Å². The smallest absolute Gasteiger partial charge is 0.121 e. The van der Waals surface area contributed by atoms with Crippen LogP contribution in [-0.2, 0) is 0 Å². The number of nitrogens with one attached hydrogen (secondary N) is 1. The predicted octanol–water partition coefficient (Wildman–Crippen LogP) is 4.06. The Labute approximate surface area is 112 Å². The average Bonchev–Trinajstić information content (AvgIpc) is 2.36. The van der Waals surface area contributed by atoms with Gasteiger partial charge < -0.3 is 15.8 Å². The Morgan fingerprint density at radius 2 is 2.00 bits per heavy atom. The van der Waals surface area contributed by atoms with Crippen molar-refractivity contribution in [2.75, 3.05) is 17.7 Å². The lowest BCUT2D eigenvalue weighted by Gasteiger charge is -2.11. The van der Waals surface area contributed by atoms with E-state index in [-0.39, 0.29) is 0 Å². The Kier molecular flexibility index (Phi) is 3.95. The predicted molar refractivity (Wildman–Crippen MR) is 76.8 cm³/mol. The molecule has 94 valence electrons. The van der Waals surface area contributed by atoms with Crippen LogP contribution in [0, 0.1) is 0 Å². The summed E-state index contributed by atoms with van der Waals surface area (Å²) in [4.78, 5) is 0. The molecule has 0 aliphatic heterocycles. The minimum Gasteiger partial charge on any atom is -0.494 e. The van der Waals surface area contributed by atoms with Gasteiger partial charge in [-0.1, -0.05) is 23.7 Å². The molecule has 0 fully saturated rings. The van der Waals surface area contributed by atoms with Crippen LogP contribution < -0.4 is 15.8 Å². The zero-order valence-electron chi connectivity index (χ0n) is 10.1. The first-order chi connectivity index (χ1) is 8.70. The highest BCUT2D eigenvalue weighted by Gasteiger charge is 2.03. The summed E-state index contributed by atoms with van der Waals surface area (Å²) in [6.45, 7) is 2.60. The maximum absolute atomic E-state index is 5.97. The fraction of sp³-hybridized carbons (Fsp3) is 0.143. The maximum Gasteiger partial charge on any atom is 0.121 e. The molecule has 0 bridgehead atoms. The van der Waals surface area contributed by atoms with Gasteiger partial charge in [-0.25, -0.2) is 0 Å². The van der Waals surface area contributed by atoms with E-state index in [0.717, 1.165) is 17.1 Å². The Morgan fingerprint density at radius 3 is 2.78 bits per heavy atom. The van der Waals surface area contributed by atoms with Crippen LogP contribution in [0.15, 0.2) is 42.5 Å². The third kappa shape index (κ3) is 2.87. The number of nitrogens with two attached hydrogens (primary N) is 1. The van der Waals surface area contributed by atoms with E-state index in [1.54, 1.807) is 6.07 Å². The third-order valence-corrected chi connectivity index (χ3v) is 2.81. The molecule has 0 radical (unpaired) electrons. The normalized spacial score (nSPS) is 10.1. The summed E-state index contributed by atoms with van der Waals surface area (Å²) in [6, 6.07) is 13.2. The molecule has 0 aliphatic rings.